The number of rotatable bonds is 3. The molecule has 4 rings (SSSR count). The fourth-order valence-corrected chi connectivity index (χ4v) is 4.55. The van der Waals surface area contributed by atoms with Crippen LogP contribution in [-0.4, -0.2) is 62.7 Å². The lowest BCUT2D eigenvalue weighted by Crippen LogP contribution is -2.46. The summed E-state index contributed by atoms with van der Waals surface area (Å²) in [7, 11) is 2.15. The molecule has 0 saturated carbocycles. The van der Waals surface area contributed by atoms with E-state index >= 15 is 0 Å². The highest BCUT2D eigenvalue weighted by atomic mass is 32.1. The van der Waals surface area contributed by atoms with Gasteiger partial charge in [0.25, 0.3) is 0 Å². The van der Waals surface area contributed by atoms with E-state index in [9.17, 15) is 5.11 Å². The maximum Gasteiger partial charge on any atom is 0.230 e. The SMILES string of the molecule is Cc1ccc(C(c2sc3nc(C)nn3c2O)N2CCN(C)CC2)cc1. The fraction of sp³-hybridized carbons (Fsp3) is 0.444. The Balaban J connectivity index is 1.79. The first-order valence-corrected chi connectivity index (χ1v) is 9.39. The van der Waals surface area contributed by atoms with E-state index in [1.807, 2.05) is 6.92 Å². The molecule has 1 aromatic carbocycles. The van der Waals surface area contributed by atoms with Crippen LogP contribution in [0.3, 0.4) is 0 Å². The van der Waals surface area contributed by atoms with Gasteiger partial charge in [-0.1, -0.05) is 41.2 Å². The molecule has 0 radical (unpaired) electrons. The van der Waals surface area contributed by atoms with Crippen LogP contribution >= 0.6 is 11.3 Å². The summed E-state index contributed by atoms with van der Waals surface area (Å²) in [4.78, 5) is 10.9. The Morgan fingerprint density at radius 1 is 1.08 bits per heavy atom. The lowest BCUT2D eigenvalue weighted by Gasteiger charge is -2.37. The fourth-order valence-electron chi connectivity index (χ4n) is 3.38. The van der Waals surface area contributed by atoms with Gasteiger partial charge in [-0.3, -0.25) is 4.90 Å². The van der Waals surface area contributed by atoms with Crippen molar-refractivity contribution in [2.75, 3.05) is 33.2 Å². The molecule has 0 bridgehead atoms. The van der Waals surface area contributed by atoms with Gasteiger partial charge >= 0.3 is 0 Å². The van der Waals surface area contributed by atoms with Crippen LogP contribution in [0.25, 0.3) is 4.96 Å². The molecule has 132 valence electrons. The second-order valence-corrected chi connectivity index (χ2v) is 7.80. The monoisotopic (exact) mass is 357 g/mol. The smallest absolute Gasteiger partial charge is 0.230 e. The normalized spacial score (nSPS) is 18.0. The number of thiazole rings is 1. The summed E-state index contributed by atoms with van der Waals surface area (Å²) in [6, 6.07) is 8.63. The zero-order valence-electron chi connectivity index (χ0n) is 14.8. The largest absolute Gasteiger partial charge is 0.492 e. The summed E-state index contributed by atoms with van der Waals surface area (Å²) in [6.45, 7) is 7.95. The number of benzene rings is 1. The Labute approximate surface area is 151 Å². The van der Waals surface area contributed by atoms with Crippen LogP contribution in [0.2, 0.25) is 0 Å². The lowest BCUT2D eigenvalue weighted by molar-refractivity contribution is 0.127. The predicted octanol–water partition coefficient (Wildman–Crippen LogP) is 2.45. The molecule has 0 aliphatic carbocycles. The van der Waals surface area contributed by atoms with Crippen molar-refractivity contribution in [3.05, 3.63) is 46.1 Å². The molecule has 25 heavy (non-hydrogen) atoms. The molecule has 7 heteroatoms. The van der Waals surface area contributed by atoms with Crippen molar-refractivity contribution in [3.63, 3.8) is 0 Å². The molecule has 0 spiro atoms. The molecule has 6 nitrogen and oxygen atoms in total. The van der Waals surface area contributed by atoms with Gasteiger partial charge in [-0.15, -0.1) is 5.10 Å². The quantitative estimate of drug-likeness (QED) is 0.780. The van der Waals surface area contributed by atoms with E-state index in [1.165, 1.54) is 22.5 Å². The highest BCUT2D eigenvalue weighted by Gasteiger charge is 2.30. The van der Waals surface area contributed by atoms with Crippen LogP contribution < -0.4 is 0 Å². The van der Waals surface area contributed by atoms with Crippen molar-refractivity contribution >= 4 is 16.3 Å². The van der Waals surface area contributed by atoms with Crippen molar-refractivity contribution in [2.45, 2.75) is 19.9 Å². The molecule has 1 saturated heterocycles. The summed E-state index contributed by atoms with van der Waals surface area (Å²) in [5, 5.41) is 15.1. The molecule has 2 aromatic heterocycles. The van der Waals surface area contributed by atoms with E-state index in [2.05, 4.69) is 58.1 Å². The van der Waals surface area contributed by atoms with Gasteiger partial charge in [0.15, 0.2) is 0 Å². The van der Waals surface area contributed by atoms with Gasteiger partial charge in [-0.05, 0) is 26.5 Å². The van der Waals surface area contributed by atoms with Gasteiger partial charge in [0.2, 0.25) is 10.8 Å². The van der Waals surface area contributed by atoms with Gasteiger partial charge in [0, 0.05) is 26.2 Å². The summed E-state index contributed by atoms with van der Waals surface area (Å²) < 4.78 is 1.56. The Hall–Kier alpha value is -1.96. The third-order valence-electron chi connectivity index (χ3n) is 4.85. The molecule has 3 heterocycles. The zero-order valence-corrected chi connectivity index (χ0v) is 15.6. The number of fused-ring (bicyclic) bond motifs is 1. The number of aromatic hydroxyl groups is 1. The van der Waals surface area contributed by atoms with Gasteiger partial charge in [0.1, 0.15) is 5.82 Å². The maximum absolute atomic E-state index is 10.8. The van der Waals surface area contributed by atoms with E-state index in [4.69, 9.17) is 0 Å². The number of hydrogen-bond donors (Lipinski definition) is 1. The second-order valence-electron chi connectivity index (χ2n) is 6.80. The number of piperazine rings is 1. The Kier molecular flexibility index (Phi) is 4.23. The van der Waals surface area contributed by atoms with Crippen LogP contribution in [0.5, 0.6) is 5.88 Å². The van der Waals surface area contributed by atoms with Crippen LogP contribution in [0, 0.1) is 13.8 Å². The first-order valence-electron chi connectivity index (χ1n) is 8.57. The predicted molar refractivity (Wildman–Crippen MR) is 99.4 cm³/mol. The van der Waals surface area contributed by atoms with Gasteiger partial charge in [-0.25, -0.2) is 4.98 Å². The van der Waals surface area contributed by atoms with E-state index in [1.54, 1.807) is 4.52 Å². The van der Waals surface area contributed by atoms with Crippen molar-refractivity contribution in [1.29, 1.82) is 0 Å². The second kappa shape index (κ2) is 6.40. The first kappa shape index (κ1) is 16.5. The maximum atomic E-state index is 10.8. The van der Waals surface area contributed by atoms with Gasteiger partial charge in [0.05, 0.1) is 10.9 Å². The molecule has 0 amide bonds. The van der Waals surface area contributed by atoms with Crippen LogP contribution in [0.4, 0.5) is 0 Å². The molecule has 3 aromatic rings. The average Bonchev–Trinajstić information content (AvgIpc) is 3.09. The topological polar surface area (TPSA) is 56.9 Å². The summed E-state index contributed by atoms with van der Waals surface area (Å²) in [6.07, 6.45) is 0. The van der Waals surface area contributed by atoms with E-state index < -0.39 is 0 Å². The summed E-state index contributed by atoms with van der Waals surface area (Å²) in [5.74, 6) is 0.893. The highest BCUT2D eigenvalue weighted by Crippen LogP contribution is 2.40. The Morgan fingerprint density at radius 2 is 1.76 bits per heavy atom. The van der Waals surface area contributed by atoms with Gasteiger partial charge in [-0.2, -0.15) is 4.52 Å². The molecule has 1 atom stereocenters. The lowest BCUT2D eigenvalue weighted by atomic mass is 10.0. The molecule has 1 aliphatic rings. The summed E-state index contributed by atoms with van der Waals surface area (Å²) >= 11 is 1.53. The molecule has 1 aliphatic heterocycles. The number of aromatic nitrogens is 3. The van der Waals surface area contributed by atoms with Crippen molar-refractivity contribution in [2.24, 2.45) is 0 Å². The van der Waals surface area contributed by atoms with E-state index in [0.29, 0.717) is 5.82 Å². The minimum Gasteiger partial charge on any atom is -0.492 e. The van der Waals surface area contributed by atoms with Crippen molar-refractivity contribution < 1.29 is 5.11 Å². The number of hydrogen-bond acceptors (Lipinski definition) is 6. The Morgan fingerprint density at radius 3 is 2.40 bits per heavy atom. The van der Waals surface area contributed by atoms with Crippen molar-refractivity contribution in [1.82, 2.24) is 24.4 Å². The number of aryl methyl sites for hydroxylation is 2. The minimum absolute atomic E-state index is 0.0307. The highest BCUT2D eigenvalue weighted by molar-refractivity contribution is 7.17. The Bertz CT molecular complexity index is 877. The van der Waals surface area contributed by atoms with Crippen LogP contribution in [0.15, 0.2) is 24.3 Å². The van der Waals surface area contributed by atoms with E-state index in [-0.39, 0.29) is 11.9 Å². The molecular weight excluding hydrogens is 334 g/mol. The third kappa shape index (κ3) is 3.03. The zero-order chi connectivity index (χ0) is 17.6. The van der Waals surface area contributed by atoms with Crippen molar-refractivity contribution in [3.8, 4) is 5.88 Å². The molecular formula is C18H23N5OS. The molecule has 1 unspecified atom stereocenters. The summed E-state index contributed by atoms with van der Waals surface area (Å²) in [5.41, 5.74) is 2.44. The number of likely N-dealkylation sites (N-methyl/N-ethyl adjacent to an activating group) is 1. The molecule has 1 N–H and O–H groups in total. The van der Waals surface area contributed by atoms with E-state index in [0.717, 1.165) is 36.0 Å². The minimum atomic E-state index is 0.0307. The van der Waals surface area contributed by atoms with Crippen LogP contribution in [-0.2, 0) is 0 Å². The number of nitrogens with zero attached hydrogens (tertiary/aromatic N) is 5. The standard InChI is InChI=1S/C18H23N5OS/c1-12-4-6-14(7-5-12)15(22-10-8-21(3)9-11-22)16-17(24)23-18(25-16)19-13(2)20-23/h4-7,15,24H,8-11H2,1-3H3. The first-order chi connectivity index (χ1) is 12.0. The third-order valence-corrected chi connectivity index (χ3v) is 5.92. The van der Waals surface area contributed by atoms with Gasteiger partial charge < -0.3 is 10.0 Å². The molecule has 1 fully saturated rings. The average molecular weight is 357 g/mol. The van der Waals surface area contributed by atoms with Crippen LogP contribution in [0.1, 0.15) is 27.9 Å².